The predicted octanol–water partition coefficient (Wildman–Crippen LogP) is 7.16. The van der Waals surface area contributed by atoms with Crippen LogP contribution in [0.25, 0.3) is 22.2 Å². The summed E-state index contributed by atoms with van der Waals surface area (Å²) in [6, 6.07) is 10.1. The molecule has 14 heteroatoms. The molecular weight excluding hydrogens is 680 g/mol. The van der Waals surface area contributed by atoms with E-state index in [4.69, 9.17) is 21.1 Å². The van der Waals surface area contributed by atoms with Crippen molar-refractivity contribution in [2.24, 2.45) is 10.8 Å². The Bertz CT molecular complexity index is 2020. The number of carbonyl (C=O) groups excluding carboxylic acids is 3. The van der Waals surface area contributed by atoms with Crippen molar-refractivity contribution < 1.29 is 41.1 Å². The lowest BCUT2D eigenvalue weighted by molar-refractivity contribution is -0.156. The number of aromatic nitrogens is 2. The van der Waals surface area contributed by atoms with Crippen LogP contribution >= 0.6 is 11.6 Å². The van der Waals surface area contributed by atoms with Gasteiger partial charge >= 0.3 is 11.9 Å². The Balaban J connectivity index is 1.91. The minimum Gasteiger partial charge on any atom is -0.469 e. The third-order valence-corrected chi connectivity index (χ3v) is 9.90. The van der Waals surface area contributed by atoms with Gasteiger partial charge in [-0.2, -0.15) is 0 Å². The SMILES string of the molecule is CCCS(=O)(=O)N(CC(C)(C)C(=O)OC)c1ccc(F)c(C(=O)c2cn(COC(=O)C(C)(C)C)c3ncc(-c4ccc(Cl)cc4)cc23)c1F. The molecule has 2 heterocycles. The first-order valence-electron chi connectivity index (χ1n) is 15.4. The maximum absolute atomic E-state index is 16.5. The van der Waals surface area contributed by atoms with Crippen molar-refractivity contribution in [3.05, 3.63) is 82.6 Å². The van der Waals surface area contributed by atoms with Crippen molar-refractivity contribution in [1.82, 2.24) is 9.55 Å². The average Bonchev–Trinajstić information content (AvgIpc) is 3.40. The van der Waals surface area contributed by atoms with Crippen LogP contribution < -0.4 is 4.31 Å². The van der Waals surface area contributed by atoms with Crippen LogP contribution in [-0.4, -0.2) is 55.1 Å². The molecule has 0 unspecified atom stereocenters. The lowest BCUT2D eigenvalue weighted by Crippen LogP contribution is -2.44. The Hall–Kier alpha value is -4.36. The Kier molecular flexibility index (Phi) is 10.9. The topological polar surface area (TPSA) is 125 Å². The van der Waals surface area contributed by atoms with E-state index in [9.17, 15) is 22.8 Å². The summed E-state index contributed by atoms with van der Waals surface area (Å²) < 4.78 is 71.3. The average molecular weight is 718 g/mol. The number of hydrogen-bond donors (Lipinski definition) is 0. The summed E-state index contributed by atoms with van der Waals surface area (Å²) in [4.78, 5) is 43.8. The highest BCUT2D eigenvalue weighted by atomic mass is 35.5. The Morgan fingerprint density at radius 2 is 1.63 bits per heavy atom. The number of methoxy groups -OCH3 is 1. The maximum Gasteiger partial charge on any atom is 0.313 e. The molecule has 2 aromatic carbocycles. The monoisotopic (exact) mass is 717 g/mol. The Morgan fingerprint density at radius 3 is 2.22 bits per heavy atom. The summed E-state index contributed by atoms with van der Waals surface area (Å²) in [5.74, 6) is -5.50. The van der Waals surface area contributed by atoms with E-state index in [0.29, 0.717) is 20.5 Å². The molecule has 2 aromatic heterocycles. The zero-order valence-electron chi connectivity index (χ0n) is 28.3. The number of rotatable bonds is 12. The number of halogens is 3. The van der Waals surface area contributed by atoms with Gasteiger partial charge in [-0.15, -0.1) is 0 Å². The van der Waals surface area contributed by atoms with Gasteiger partial charge < -0.3 is 9.47 Å². The molecule has 49 heavy (non-hydrogen) atoms. The lowest BCUT2D eigenvalue weighted by Gasteiger charge is -2.32. The van der Waals surface area contributed by atoms with E-state index < -0.39 is 73.8 Å². The number of anilines is 1. The van der Waals surface area contributed by atoms with Gasteiger partial charge in [0, 0.05) is 34.9 Å². The number of ether oxygens (including phenoxy) is 2. The molecule has 0 bridgehead atoms. The molecule has 262 valence electrons. The number of ketones is 1. The zero-order chi connectivity index (χ0) is 36.5. The van der Waals surface area contributed by atoms with Crippen molar-refractivity contribution in [3.63, 3.8) is 0 Å². The van der Waals surface area contributed by atoms with Crippen LogP contribution in [0, 0.1) is 22.5 Å². The van der Waals surface area contributed by atoms with Crippen LogP contribution in [0.4, 0.5) is 14.5 Å². The fraction of sp³-hybridized carbons (Fsp3) is 0.371. The fourth-order valence-electron chi connectivity index (χ4n) is 5.07. The highest BCUT2D eigenvalue weighted by molar-refractivity contribution is 7.92. The third-order valence-electron chi connectivity index (χ3n) is 7.72. The number of fused-ring (bicyclic) bond motifs is 1. The normalized spacial score (nSPS) is 12.2. The van der Waals surface area contributed by atoms with E-state index in [-0.39, 0.29) is 29.7 Å². The first kappa shape index (κ1) is 37.5. The quantitative estimate of drug-likeness (QED) is 0.112. The third kappa shape index (κ3) is 7.94. The van der Waals surface area contributed by atoms with Crippen LogP contribution in [-0.2, 0) is 35.8 Å². The smallest absolute Gasteiger partial charge is 0.313 e. The number of carbonyl (C=O) groups is 3. The summed E-state index contributed by atoms with van der Waals surface area (Å²) >= 11 is 6.05. The maximum atomic E-state index is 16.5. The second-order valence-corrected chi connectivity index (χ2v) is 15.7. The molecule has 0 N–H and O–H groups in total. The molecule has 0 saturated heterocycles. The molecule has 0 saturated carbocycles. The molecular formula is C35H38ClF2N3O7S. The molecule has 4 rings (SSSR count). The Morgan fingerprint density at radius 1 is 0.980 bits per heavy atom. The number of nitrogens with zero attached hydrogens (tertiary/aromatic N) is 3. The number of benzene rings is 2. The van der Waals surface area contributed by atoms with Crippen LogP contribution in [0.2, 0.25) is 5.02 Å². The van der Waals surface area contributed by atoms with E-state index in [1.54, 1.807) is 58.0 Å². The minimum atomic E-state index is -4.26. The van der Waals surface area contributed by atoms with Crippen LogP contribution in [0.15, 0.2) is 54.9 Å². The van der Waals surface area contributed by atoms with E-state index in [2.05, 4.69) is 4.98 Å². The molecule has 0 spiro atoms. The van der Waals surface area contributed by atoms with Crippen molar-refractivity contribution >= 4 is 56.1 Å². The molecule has 0 fully saturated rings. The summed E-state index contributed by atoms with van der Waals surface area (Å²) in [5.41, 5.74) is -2.67. The van der Waals surface area contributed by atoms with Gasteiger partial charge in [0.25, 0.3) is 0 Å². The lowest BCUT2D eigenvalue weighted by atomic mass is 9.93. The summed E-state index contributed by atoms with van der Waals surface area (Å²) in [7, 11) is -3.12. The molecule has 10 nitrogen and oxygen atoms in total. The van der Waals surface area contributed by atoms with Crippen LogP contribution in [0.5, 0.6) is 0 Å². The van der Waals surface area contributed by atoms with Gasteiger partial charge in [-0.3, -0.25) is 23.3 Å². The summed E-state index contributed by atoms with van der Waals surface area (Å²) in [6.45, 7) is 8.56. The van der Waals surface area contributed by atoms with E-state index >= 15 is 8.78 Å². The fourth-order valence-corrected chi connectivity index (χ4v) is 6.90. The number of esters is 2. The van der Waals surface area contributed by atoms with Gasteiger partial charge in [0.15, 0.2) is 12.5 Å². The van der Waals surface area contributed by atoms with Gasteiger partial charge in [0.05, 0.1) is 40.5 Å². The van der Waals surface area contributed by atoms with Gasteiger partial charge in [0.1, 0.15) is 11.5 Å². The second-order valence-electron chi connectivity index (χ2n) is 13.2. The molecule has 0 aliphatic carbocycles. The van der Waals surface area contributed by atoms with Gasteiger partial charge in [-0.1, -0.05) is 30.7 Å². The summed E-state index contributed by atoms with van der Waals surface area (Å²) in [6.07, 6.45) is 2.97. The summed E-state index contributed by atoms with van der Waals surface area (Å²) in [5, 5.41) is 0.687. The van der Waals surface area contributed by atoms with Gasteiger partial charge in [0.2, 0.25) is 15.8 Å². The van der Waals surface area contributed by atoms with Crippen LogP contribution in [0.1, 0.15) is 63.9 Å². The van der Waals surface area contributed by atoms with Crippen molar-refractivity contribution in [1.29, 1.82) is 0 Å². The first-order valence-corrected chi connectivity index (χ1v) is 17.3. The number of pyridine rings is 1. The van der Waals surface area contributed by atoms with Crippen molar-refractivity contribution in [2.75, 3.05) is 23.7 Å². The number of sulfonamides is 1. The standard InChI is InChI=1S/C35H38ClF2N3O7S/c1-8-15-49(45,46)41(19-35(5,6)33(44)47-7)27-14-13-26(37)28(29(27)38)30(42)25-18-40(20-48-32(43)34(2,3)4)31-24(25)16-22(17-39-31)21-9-11-23(36)12-10-21/h9-14,16-18H,8,15,19-20H2,1-7H3. The molecule has 0 radical (unpaired) electrons. The largest absolute Gasteiger partial charge is 0.469 e. The van der Waals surface area contributed by atoms with E-state index in [1.807, 2.05) is 0 Å². The first-order chi connectivity index (χ1) is 22.8. The highest BCUT2D eigenvalue weighted by Crippen LogP contribution is 2.35. The molecule has 0 amide bonds. The van der Waals surface area contributed by atoms with Gasteiger partial charge in [-0.05, 0) is 76.9 Å². The van der Waals surface area contributed by atoms with E-state index in [1.165, 1.54) is 30.8 Å². The molecule has 0 aliphatic rings. The van der Waals surface area contributed by atoms with Crippen molar-refractivity contribution in [3.8, 4) is 11.1 Å². The second kappa shape index (κ2) is 14.2. The minimum absolute atomic E-state index is 0.161. The number of hydrogen-bond acceptors (Lipinski definition) is 8. The molecule has 0 aliphatic heterocycles. The zero-order valence-corrected chi connectivity index (χ0v) is 29.8. The van der Waals surface area contributed by atoms with Crippen molar-refractivity contribution in [2.45, 2.75) is 54.7 Å². The van der Waals surface area contributed by atoms with Crippen LogP contribution in [0.3, 0.4) is 0 Å². The van der Waals surface area contributed by atoms with E-state index in [0.717, 1.165) is 19.2 Å². The molecule has 0 atom stereocenters. The Labute approximate surface area is 289 Å². The predicted molar refractivity (Wildman–Crippen MR) is 183 cm³/mol. The molecule has 4 aromatic rings. The highest BCUT2D eigenvalue weighted by Gasteiger charge is 2.38. The van der Waals surface area contributed by atoms with Gasteiger partial charge in [-0.25, -0.2) is 22.2 Å².